The van der Waals surface area contributed by atoms with E-state index in [0.717, 1.165) is 33.1 Å². The number of rotatable bonds is 4. The van der Waals surface area contributed by atoms with Crippen LogP contribution in [-0.2, 0) is 0 Å². The molecule has 1 nitrogen and oxygen atoms in total. The highest BCUT2D eigenvalue weighted by Gasteiger charge is 2.22. The van der Waals surface area contributed by atoms with E-state index in [1.165, 1.54) is 65.7 Å². The molecule has 228 valence electrons. The highest BCUT2D eigenvalue weighted by Crippen LogP contribution is 2.49. The van der Waals surface area contributed by atoms with E-state index in [1.54, 1.807) is 0 Å². The molecule has 1 heterocycles. The standard InChI is InChI=1S/C48H30O/c1-3-15-31(16-4-1)33-29-30-41(36-20-8-7-19-35(33)36)45-37-21-9-11-23-39(37)46(40-24-12-10-22-38(40)45)42-26-14-28-44-47(42)43-27-13-25-34(48(43)49-44)32-17-5-2-6-18-32/h1-30H. The quantitative estimate of drug-likeness (QED) is 0.178. The highest BCUT2D eigenvalue weighted by molar-refractivity contribution is 6.27. The second-order valence-corrected chi connectivity index (χ2v) is 12.7. The Labute approximate surface area is 284 Å². The maximum Gasteiger partial charge on any atom is 0.143 e. The number of hydrogen-bond donors (Lipinski definition) is 0. The van der Waals surface area contributed by atoms with Gasteiger partial charge in [-0.15, -0.1) is 0 Å². The summed E-state index contributed by atoms with van der Waals surface area (Å²) in [6.07, 6.45) is 0. The molecule has 9 aromatic carbocycles. The van der Waals surface area contributed by atoms with E-state index in [9.17, 15) is 0 Å². The van der Waals surface area contributed by atoms with Crippen LogP contribution in [0.4, 0.5) is 0 Å². The lowest BCUT2D eigenvalue weighted by Gasteiger charge is -2.20. The Hall–Kier alpha value is -6.44. The van der Waals surface area contributed by atoms with Gasteiger partial charge in [-0.3, -0.25) is 0 Å². The maximum atomic E-state index is 6.71. The first-order valence-corrected chi connectivity index (χ1v) is 16.9. The number of furan rings is 1. The highest BCUT2D eigenvalue weighted by atomic mass is 16.3. The van der Waals surface area contributed by atoms with Gasteiger partial charge < -0.3 is 4.42 Å². The summed E-state index contributed by atoms with van der Waals surface area (Å²) in [5.41, 5.74) is 11.5. The van der Waals surface area contributed by atoms with Gasteiger partial charge >= 0.3 is 0 Å². The number of benzene rings is 9. The second-order valence-electron chi connectivity index (χ2n) is 12.7. The van der Waals surface area contributed by atoms with E-state index in [-0.39, 0.29) is 0 Å². The summed E-state index contributed by atoms with van der Waals surface area (Å²) in [7, 11) is 0. The van der Waals surface area contributed by atoms with Crippen molar-refractivity contribution < 1.29 is 4.42 Å². The summed E-state index contributed by atoms with van der Waals surface area (Å²) in [6, 6.07) is 65.6. The Bertz CT molecular complexity index is 2800. The molecule has 0 fully saturated rings. The minimum Gasteiger partial charge on any atom is -0.455 e. The van der Waals surface area contributed by atoms with E-state index in [4.69, 9.17) is 4.42 Å². The predicted molar refractivity (Wildman–Crippen MR) is 208 cm³/mol. The minimum absolute atomic E-state index is 0.899. The van der Waals surface area contributed by atoms with Gasteiger partial charge in [-0.05, 0) is 77.3 Å². The summed E-state index contributed by atoms with van der Waals surface area (Å²) < 4.78 is 6.71. The SMILES string of the molecule is c1ccc(-c2ccc(-c3c4ccccc4c(-c4cccc5oc6c(-c7ccccc7)cccc6c45)c4ccccc34)c3ccccc23)cc1. The lowest BCUT2D eigenvalue weighted by atomic mass is 9.83. The maximum absolute atomic E-state index is 6.71. The zero-order valence-electron chi connectivity index (χ0n) is 26.7. The molecule has 0 bridgehead atoms. The molecule has 0 saturated heterocycles. The van der Waals surface area contributed by atoms with Crippen molar-refractivity contribution in [2.24, 2.45) is 0 Å². The van der Waals surface area contributed by atoms with Crippen molar-refractivity contribution in [1.29, 1.82) is 0 Å². The van der Waals surface area contributed by atoms with E-state index in [1.807, 2.05) is 0 Å². The van der Waals surface area contributed by atoms with Gasteiger partial charge in [0.1, 0.15) is 11.2 Å². The molecule has 0 saturated carbocycles. The van der Waals surface area contributed by atoms with Crippen LogP contribution in [0.3, 0.4) is 0 Å². The smallest absolute Gasteiger partial charge is 0.143 e. The topological polar surface area (TPSA) is 13.1 Å². The zero-order valence-corrected chi connectivity index (χ0v) is 26.7. The first kappa shape index (κ1) is 27.7. The van der Waals surface area contributed by atoms with Gasteiger partial charge in [0.2, 0.25) is 0 Å². The molecule has 0 aliphatic carbocycles. The average molecular weight is 623 g/mol. The van der Waals surface area contributed by atoms with Crippen molar-refractivity contribution >= 4 is 54.3 Å². The predicted octanol–water partition coefficient (Wildman–Crippen LogP) is 13.7. The minimum atomic E-state index is 0.899. The van der Waals surface area contributed by atoms with E-state index < -0.39 is 0 Å². The molecular formula is C48H30O. The van der Waals surface area contributed by atoms with E-state index in [0.29, 0.717) is 0 Å². The van der Waals surface area contributed by atoms with Crippen molar-refractivity contribution in [3.05, 3.63) is 182 Å². The van der Waals surface area contributed by atoms with Crippen molar-refractivity contribution in [3.63, 3.8) is 0 Å². The molecular weight excluding hydrogens is 593 g/mol. The number of fused-ring (bicyclic) bond motifs is 6. The van der Waals surface area contributed by atoms with Crippen molar-refractivity contribution in [2.75, 3.05) is 0 Å². The molecule has 0 aliphatic heterocycles. The summed E-state index contributed by atoms with van der Waals surface area (Å²) in [5.74, 6) is 0. The van der Waals surface area contributed by atoms with Gasteiger partial charge in [0.25, 0.3) is 0 Å². The molecule has 0 unspecified atom stereocenters. The lowest BCUT2D eigenvalue weighted by Crippen LogP contribution is -1.92. The van der Waals surface area contributed by atoms with Crippen molar-refractivity contribution in [3.8, 4) is 44.5 Å². The fraction of sp³-hybridized carbons (Fsp3) is 0. The molecule has 1 aromatic heterocycles. The van der Waals surface area contributed by atoms with Crippen LogP contribution in [-0.4, -0.2) is 0 Å². The first-order valence-electron chi connectivity index (χ1n) is 16.9. The van der Waals surface area contributed by atoms with Crippen molar-refractivity contribution in [1.82, 2.24) is 0 Å². The normalized spacial score (nSPS) is 11.7. The Morgan fingerprint density at radius 3 is 1.31 bits per heavy atom. The van der Waals surface area contributed by atoms with Crippen LogP contribution in [0.15, 0.2) is 186 Å². The molecule has 0 N–H and O–H groups in total. The molecule has 49 heavy (non-hydrogen) atoms. The largest absolute Gasteiger partial charge is 0.455 e. The van der Waals surface area contributed by atoms with Crippen molar-refractivity contribution in [2.45, 2.75) is 0 Å². The summed E-state index contributed by atoms with van der Waals surface area (Å²) in [6.45, 7) is 0. The monoisotopic (exact) mass is 622 g/mol. The van der Waals surface area contributed by atoms with Crippen LogP contribution in [0, 0.1) is 0 Å². The second kappa shape index (κ2) is 11.1. The van der Waals surface area contributed by atoms with Gasteiger partial charge in [-0.25, -0.2) is 0 Å². The van der Waals surface area contributed by atoms with Gasteiger partial charge in [0.05, 0.1) is 0 Å². The Morgan fingerprint density at radius 1 is 0.265 bits per heavy atom. The summed E-state index contributed by atoms with van der Waals surface area (Å²) >= 11 is 0. The van der Waals surface area contributed by atoms with Crippen LogP contribution >= 0.6 is 0 Å². The van der Waals surface area contributed by atoms with Gasteiger partial charge in [0.15, 0.2) is 0 Å². The van der Waals surface area contributed by atoms with Crippen LogP contribution in [0.2, 0.25) is 0 Å². The lowest BCUT2D eigenvalue weighted by molar-refractivity contribution is 0.670. The molecule has 0 radical (unpaired) electrons. The van der Waals surface area contributed by atoms with Gasteiger partial charge in [0, 0.05) is 16.3 Å². The van der Waals surface area contributed by atoms with Crippen LogP contribution in [0.5, 0.6) is 0 Å². The molecule has 10 rings (SSSR count). The van der Waals surface area contributed by atoms with Crippen LogP contribution < -0.4 is 0 Å². The molecule has 0 aliphatic rings. The number of hydrogen-bond acceptors (Lipinski definition) is 1. The third-order valence-corrected chi connectivity index (χ3v) is 10.1. The third-order valence-electron chi connectivity index (χ3n) is 10.1. The molecule has 1 heteroatoms. The first-order chi connectivity index (χ1) is 24.3. The molecule has 10 aromatic rings. The van der Waals surface area contributed by atoms with Crippen LogP contribution in [0.1, 0.15) is 0 Å². The Morgan fingerprint density at radius 2 is 0.694 bits per heavy atom. The average Bonchev–Trinajstić information content (AvgIpc) is 3.57. The Kier molecular flexibility index (Phi) is 6.25. The number of para-hydroxylation sites is 1. The van der Waals surface area contributed by atoms with Gasteiger partial charge in [-0.1, -0.05) is 176 Å². The zero-order chi connectivity index (χ0) is 32.3. The van der Waals surface area contributed by atoms with Crippen LogP contribution in [0.25, 0.3) is 98.8 Å². The molecule has 0 atom stereocenters. The molecule has 0 spiro atoms. The summed E-state index contributed by atoms with van der Waals surface area (Å²) in [4.78, 5) is 0. The van der Waals surface area contributed by atoms with Gasteiger partial charge in [-0.2, -0.15) is 0 Å². The van der Waals surface area contributed by atoms with E-state index in [2.05, 4.69) is 182 Å². The van der Waals surface area contributed by atoms with E-state index >= 15 is 0 Å². The fourth-order valence-electron chi connectivity index (χ4n) is 8.00. The third kappa shape index (κ3) is 4.26. The summed E-state index contributed by atoms with van der Waals surface area (Å²) in [5, 5.41) is 9.73. The molecule has 0 amide bonds. The fourth-order valence-corrected chi connectivity index (χ4v) is 8.00. The Balaban J connectivity index is 1.30.